The molecule has 0 bridgehead atoms. The van der Waals surface area contributed by atoms with Crippen LogP contribution in [0.4, 0.5) is 0 Å². The van der Waals surface area contributed by atoms with Crippen molar-refractivity contribution in [3.63, 3.8) is 0 Å². The number of hydrogen-bond donors (Lipinski definition) is 2. The Balaban J connectivity index is 2.60. The van der Waals surface area contributed by atoms with Gasteiger partial charge in [0.25, 0.3) is 0 Å². The van der Waals surface area contributed by atoms with Gasteiger partial charge in [-0.2, -0.15) is 0 Å². The van der Waals surface area contributed by atoms with E-state index in [1.165, 1.54) is 6.92 Å². The van der Waals surface area contributed by atoms with Gasteiger partial charge in [0, 0.05) is 19.0 Å². The van der Waals surface area contributed by atoms with Crippen LogP contribution in [-0.2, 0) is 11.3 Å². The Morgan fingerprint density at radius 1 is 1.40 bits per heavy atom. The normalized spacial score (nSPS) is 8.93. The number of rotatable bonds is 2. The third-order valence-electron chi connectivity index (χ3n) is 1.83. The molecule has 3 nitrogen and oxygen atoms in total. The molecule has 0 atom stereocenters. The Bertz CT molecular complexity index is 384. The van der Waals surface area contributed by atoms with Crippen LogP contribution < -0.4 is 11.1 Å². The zero-order chi connectivity index (χ0) is 11.1. The number of amides is 1. The van der Waals surface area contributed by atoms with Crippen molar-refractivity contribution in [3.8, 4) is 11.8 Å². The van der Waals surface area contributed by atoms with Crippen molar-refractivity contribution in [3.05, 3.63) is 35.4 Å². The minimum Gasteiger partial charge on any atom is -0.352 e. The molecule has 0 saturated carbocycles. The second kappa shape index (κ2) is 5.84. The molecule has 15 heavy (non-hydrogen) atoms. The molecule has 0 radical (unpaired) electrons. The molecule has 1 amide bonds. The van der Waals surface area contributed by atoms with Gasteiger partial charge in [0.05, 0.1) is 6.54 Å². The third kappa shape index (κ3) is 4.30. The maximum atomic E-state index is 10.7. The van der Waals surface area contributed by atoms with Gasteiger partial charge in [0.1, 0.15) is 0 Å². The molecule has 3 N–H and O–H groups in total. The minimum atomic E-state index is -0.0259. The fraction of sp³-hybridized carbons (Fsp3) is 0.250. The van der Waals surface area contributed by atoms with E-state index in [0.717, 1.165) is 11.1 Å². The Morgan fingerprint density at radius 3 is 2.60 bits per heavy atom. The van der Waals surface area contributed by atoms with Crippen LogP contribution in [-0.4, -0.2) is 12.5 Å². The van der Waals surface area contributed by atoms with Crippen LogP contribution in [0, 0.1) is 11.8 Å². The van der Waals surface area contributed by atoms with Crippen LogP contribution in [0.5, 0.6) is 0 Å². The first-order valence-corrected chi connectivity index (χ1v) is 4.74. The van der Waals surface area contributed by atoms with Crippen LogP contribution >= 0.6 is 0 Å². The van der Waals surface area contributed by atoms with Gasteiger partial charge in [0.2, 0.25) is 5.91 Å². The molecule has 1 rings (SSSR count). The Labute approximate surface area is 89.7 Å². The summed E-state index contributed by atoms with van der Waals surface area (Å²) in [5.74, 6) is 5.69. The number of nitrogens with two attached hydrogens (primary N) is 1. The van der Waals surface area contributed by atoms with Crippen molar-refractivity contribution in [1.29, 1.82) is 0 Å². The van der Waals surface area contributed by atoms with Crippen molar-refractivity contribution in [2.75, 3.05) is 6.54 Å². The Hall–Kier alpha value is -1.79. The molecule has 0 fully saturated rings. The standard InChI is InChI=1S/C12H14N2O/c1-10(15)14-9-12-6-4-11(5-7-12)3-2-8-13/h4-7H,8-9,13H2,1H3,(H,14,15). The first-order chi connectivity index (χ1) is 7.22. The van der Waals surface area contributed by atoms with Gasteiger partial charge >= 0.3 is 0 Å². The number of nitrogens with one attached hydrogen (secondary N) is 1. The van der Waals surface area contributed by atoms with E-state index in [1.54, 1.807) is 0 Å². The highest BCUT2D eigenvalue weighted by Gasteiger charge is 1.94. The molecule has 0 unspecified atom stereocenters. The number of hydrogen-bond acceptors (Lipinski definition) is 2. The monoisotopic (exact) mass is 202 g/mol. The molecule has 1 aromatic carbocycles. The third-order valence-corrected chi connectivity index (χ3v) is 1.83. The van der Waals surface area contributed by atoms with Crippen LogP contribution in [0.1, 0.15) is 18.1 Å². The summed E-state index contributed by atoms with van der Waals surface area (Å²) in [7, 11) is 0. The first kappa shape index (κ1) is 11.3. The molecule has 0 aromatic heterocycles. The number of carbonyl (C=O) groups excluding carboxylic acids is 1. The van der Waals surface area contributed by atoms with E-state index >= 15 is 0 Å². The van der Waals surface area contributed by atoms with Gasteiger partial charge in [0.15, 0.2) is 0 Å². The molecule has 0 aliphatic carbocycles. The van der Waals surface area contributed by atoms with E-state index < -0.39 is 0 Å². The Morgan fingerprint density at radius 2 is 2.07 bits per heavy atom. The first-order valence-electron chi connectivity index (χ1n) is 4.74. The molecule has 0 spiro atoms. The fourth-order valence-electron chi connectivity index (χ4n) is 1.09. The van der Waals surface area contributed by atoms with Crippen LogP contribution in [0.25, 0.3) is 0 Å². The highest BCUT2D eigenvalue weighted by atomic mass is 16.1. The fourth-order valence-corrected chi connectivity index (χ4v) is 1.09. The maximum absolute atomic E-state index is 10.7. The van der Waals surface area contributed by atoms with Crippen molar-refractivity contribution in [2.45, 2.75) is 13.5 Å². The van der Waals surface area contributed by atoms with E-state index in [4.69, 9.17) is 5.73 Å². The summed E-state index contributed by atoms with van der Waals surface area (Å²) in [6.45, 7) is 2.43. The molecule has 78 valence electrons. The molecular weight excluding hydrogens is 188 g/mol. The van der Waals surface area contributed by atoms with E-state index in [2.05, 4.69) is 17.2 Å². The lowest BCUT2D eigenvalue weighted by atomic mass is 10.1. The average molecular weight is 202 g/mol. The number of carbonyl (C=O) groups is 1. The van der Waals surface area contributed by atoms with Gasteiger partial charge in [-0.15, -0.1) is 0 Å². The summed E-state index contributed by atoms with van der Waals surface area (Å²) >= 11 is 0. The van der Waals surface area contributed by atoms with E-state index in [1.807, 2.05) is 24.3 Å². The van der Waals surface area contributed by atoms with Gasteiger partial charge in [-0.3, -0.25) is 4.79 Å². The molecule has 1 aromatic rings. The molecular formula is C12H14N2O. The van der Waals surface area contributed by atoms with Crippen molar-refractivity contribution < 1.29 is 4.79 Å². The van der Waals surface area contributed by atoms with Crippen LogP contribution in [0.15, 0.2) is 24.3 Å². The average Bonchev–Trinajstić information content (AvgIpc) is 2.25. The van der Waals surface area contributed by atoms with E-state index in [-0.39, 0.29) is 5.91 Å². The predicted molar refractivity (Wildman–Crippen MR) is 59.9 cm³/mol. The minimum absolute atomic E-state index is 0.0259. The SMILES string of the molecule is CC(=O)NCc1ccc(C#CCN)cc1. The van der Waals surface area contributed by atoms with Crippen LogP contribution in [0.2, 0.25) is 0 Å². The second-order valence-corrected chi connectivity index (χ2v) is 3.11. The lowest BCUT2D eigenvalue weighted by Crippen LogP contribution is -2.18. The summed E-state index contributed by atoms with van der Waals surface area (Å²) in [5, 5.41) is 2.73. The highest BCUT2D eigenvalue weighted by Crippen LogP contribution is 2.02. The van der Waals surface area contributed by atoms with Crippen molar-refractivity contribution in [1.82, 2.24) is 5.32 Å². The largest absolute Gasteiger partial charge is 0.352 e. The lowest BCUT2D eigenvalue weighted by Gasteiger charge is -2.01. The number of benzene rings is 1. The summed E-state index contributed by atoms with van der Waals surface area (Å²) in [5.41, 5.74) is 7.26. The van der Waals surface area contributed by atoms with Gasteiger partial charge in [-0.25, -0.2) is 0 Å². The molecule has 0 aliphatic rings. The highest BCUT2D eigenvalue weighted by molar-refractivity contribution is 5.72. The quantitative estimate of drug-likeness (QED) is 0.691. The van der Waals surface area contributed by atoms with Gasteiger partial charge in [-0.05, 0) is 17.7 Å². The summed E-state index contributed by atoms with van der Waals surface area (Å²) in [4.78, 5) is 10.7. The maximum Gasteiger partial charge on any atom is 0.217 e. The molecule has 0 saturated heterocycles. The van der Waals surface area contributed by atoms with Gasteiger partial charge < -0.3 is 11.1 Å². The van der Waals surface area contributed by atoms with Crippen molar-refractivity contribution >= 4 is 5.91 Å². The van der Waals surface area contributed by atoms with E-state index in [9.17, 15) is 4.79 Å². The summed E-state index contributed by atoms with van der Waals surface area (Å²) in [6, 6.07) is 7.71. The molecule has 0 heterocycles. The van der Waals surface area contributed by atoms with E-state index in [0.29, 0.717) is 13.1 Å². The Kier molecular flexibility index (Phi) is 4.39. The zero-order valence-electron chi connectivity index (χ0n) is 8.71. The zero-order valence-corrected chi connectivity index (χ0v) is 8.71. The van der Waals surface area contributed by atoms with Crippen LogP contribution in [0.3, 0.4) is 0 Å². The molecule has 0 aliphatic heterocycles. The smallest absolute Gasteiger partial charge is 0.217 e. The van der Waals surface area contributed by atoms with Crippen molar-refractivity contribution in [2.24, 2.45) is 5.73 Å². The summed E-state index contributed by atoms with van der Waals surface area (Å²) in [6.07, 6.45) is 0. The topological polar surface area (TPSA) is 55.1 Å². The summed E-state index contributed by atoms with van der Waals surface area (Å²) < 4.78 is 0. The predicted octanol–water partition coefficient (Wildman–Crippen LogP) is 0.633. The van der Waals surface area contributed by atoms with Gasteiger partial charge in [-0.1, -0.05) is 24.0 Å². The second-order valence-electron chi connectivity index (χ2n) is 3.11. The molecule has 3 heteroatoms. The lowest BCUT2D eigenvalue weighted by molar-refractivity contribution is -0.119.